The number of thiazole rings is 1. The first kappa shape index (κ1) is 60.0. The summed E-state index contributed by atoms with van der Waals surface area (Å²) in [6.45, 7) is 1.62. The fourth-order valence-electron chi connectivity index (χ4n) is 6.76. The third kappa shape index (κ3) is 14.4. The van der Waals surface area contributed by atoms with E-state index in [1.54, 1.807) is 13.0 Å². The molecule has 0 fully saturated rings. The molecule has 348 valence electrons. The summed E-state index contributed by atoms with van der Waals surface area (Å²) < 4.78 is 107. The standard InChI is InChI=1S/C44H32N11O10S4.4Li/c1-25-37(22-45)41(48-31-10-14-34(15-11-31)67(56,57)58)51-42(49-32-12-16-35(17-13-32)68(59,60)61)39(25)53-55-44-50-40(30-9-8-27-4-2-3-5-28(27)19-30)43(66-44)54-52-33-20-29-7-6-26(23-47-65-24-46)18-36(29)38(21-33)69(62,63)64;;;;/h2-6,8-21,24,46-47H,23H2,1H3,(H2,48,49,51)(H,56,57,58)(H,59,60,61)(H,62,63,64);;;;/q-1;4*+1/p-3. The maximum atomic E-state index is 12.5. The SMILES string of the molecule is Cc1c(C#N)c(Nc2ccc(S(=O)(=O)[O-])cc2)nc(Nc2ccc(S(=O)(=O)[O-])cc2)c1N=Nc1nc(-c2ccc3ccccc3c2)c(N=Nc2cc(S(=O)(=O)[O-])c3cc(CNOC=N)c[c-]c3c2)s1.[Li+].[Li+].[Li+].[Li+]. The van der Waals surface area contributed by atoms with Gasteiger partial charge >= 0.3 is 75.4 Å². The second-order valence-corrected chi connectivity index (χ2v) is 19.6. The van der Waals surface area contributed by atoms with Crippen LogP contribution >= 0.6 is 11.3 Å². The molecule has 2 aromatic heterocycles. The Kier molecular flexibility index (Phi) is 20.7. The molecule has 0 saturated carbocycles. The van der Waals surface area contributed by atoms with Gasteiger partial charge in [-0.05, 0) is 78.4 Å². The Labute approximate surface area is 469 Å². The number of hydrogen-bond acceptors (Lipinski definition) is 22. The Hall–Kier alpha value is -5.54. The van der Waals surface area contributed by atoms with Crippen LogP contribution in [0, 0.1) is 29.7 Å². The fourth-order valence-corrected chi connectivity index (χ4v) is 9.13. The zero-order valence-electron chi connectivity index (χ0n) is 39.1. The van der Waals surface area contributed by atoms with Gasteiger partial charge in [-0.3, -0.25) is 5.41 Å². The van der Waals surface area contributed by atoms with E-state index in [0.29, 0.717) is 23.2 Å². The van der Waals surface area contributed by atoms with Crippen molar-refractivity contribution >= 4 is 114 Å². The minimum Gasteiger partial charge on any atom is -0.745 e. The van der Waals surface area contributed by atoms with Crippen LogP contribution in [-0.4, -0.2) is 55.3 Å². The summed E-state index contributed by atoms with van der Waals surface area (Å²) in [4.78, 5) is 12.5. The number of hydrogen-bond donors (Lipinski definition) is 4. The van der Waals surface area contributed by atoms with Crippen molar-refractivity contribution in [3.05, 3.63) is 138 Å². The number of azo groups is 2. The number of fused-ring (bicyclic) bond motifs is 2. The zero-order chi connectivity index (χ0) is 49.1. The Balaban J connectivity index is 0.00000289. The van der Waals surface area contributed by atoms with Gasteiger partial charge in [-0.15, -0.1) is 50.6 Å². The first-order valence-corrected chi connectivity index (χ1v) is 24.7. The smallest absolute Gasteiger partial charge is 0.745 e. The average molecular weight is 1030 g/mol. The number of nitrogens with one attached hydrogen (secondary N) is 4. The molecule has 0 bridgehead atoms. The van der Waals surface area contributed by atoms with Crippen LogP contribution in [0.1, 0.15) is 16.7 Å². The molecule has 0 aliphatic heterocycles. The van der Waals surface area contributed by atoms with Crippen LogP contribution in [0.15, 0.2) is 150 Å². The van der Waals surface area contributed by atoms with Crippen molar-refractivity contribution in [2.75, 3.05) is 10.6 Å². The molecule has 73 heavy (non-hydrogen) atoms. The molecule has 2 heterocycles. The van der Waals surface area contributed by atoms with E-state index in [1.165, 1.54) is 36.4 Å². The second kappa shape index (κ2) is 25.1. The van der Waals surface area contributed by atoms with Gasteiger partial charge in [0.25, 0.3) is 0 Å². The average Bonchev–Trinajstić information content (AvgIpc) is 3.73. The summed E-state index contributed by atoms with van der Waals surface area (Å²) >= 11 is 0.936. The quantitative estimate of drug-likeness (QED) is 0.0111. The minimum absolute atomic E-state index is 0. The van der Waals surface area contributed by atoms with Crippen molar-refractivity contribution in [1.82, 2.24) is 15.4 Å². The van der Waals surface area contributed by atoms with Gasteiger partial charge < -0.3 is 29.1 Å². The molecule has 0 atom stereocenters. The first-order chi connectivity index (χ1) is 32.9. The molecule has 0 radical (unpaired) electrons. The van der Waals surface area contributed by atoms with Gasteiger partial charge in [0.1, 0.15) is 47.8 Å². The summed E-state index contributed by atoms with van der Waals surface area (Å²) in [5.74, 6) is -0.0606. The Morgan fingerprint density at radius 3 is 1.95 bits per heavy atom. The predicted molar refractivity (Wildman–Crippen MR) is 250 cm³/mol. The second-order valence-electron chi connectivity index (χ2n) is 14.5. The van der Waals surface area contributed by atoms with Gasteiger partial charge in [0.2, 0.25) is 5.13 Å². The molecule has 0 aliphatic rings. The van der Waals surface area contributed by atoms with E-state index < -0.39 is 45.0 Å². The third-order valence-corrected chi connectivity index (χ3v) is 13.4. The molecule has 29 heteroatoms. The van der Waals surface area contributed by atoms with Gasteiger partial charge in [-0.25, -0.2) is 35.2 Å². The molecule has 0 aliphatic carbocycles. The summed E-state index contributed by atoms with van der Waals surface area (Å²) in [6, 6.07) is 33.3. The molecule has 4 N–H and O–H groups in total. The first-order valence-electron chi connectivity index (χ1n) is 19.6. The Morgan fingerprint density at radius 1 is 0.740 bits per heavy atom. The van der Waals surface area contributed by atoms with Crippen molar-refractivity contribution in [2.45, 2.75) is 28.2 Å². The van der Waals surface area contributed by atoms with Crippen molar-refractivity contribution in [2.24, 2.45) is 20.5 Å². The summed E-state index contributed by atoms with van der Waals surface area (Å²) in [6.07, 6.45) is 0.675. The summed E-state index contributed by atoms with van der Waals surface area (Å²) in [5.41, 5.74) is 4.61. The molecule has 8 rings (SSSR count). The van der Waals surface area contributed by atoms with E-state index in [2.05, 4.69) is 53.7 Å². The van der Waals surface area contributed by atoms with Crippen molar-refractivity contribution in [3.63, 3.8) is 0 Å². The van der Waals surface area contributed by atoms with E-state index in [1.807, 2.05) is 42.5 Å². The molecular weight excluding hydrogens is 999 g/mol. The number of anilines is 4. The molecule has 0 saturated heterocycles. The molecule has 8 aromatic rings. The Morgan fingerprint density at radius 2 is 1.36 bits per heavy atom. The number of aromatic nitrogens is 2. The van der Waals surface area contributed by atoms with Crippen LogP contribution in [-0.2, 0) is 41.7 Å². The van der Waals surface area contributed by atoms with E-state index in [-0.39, 0.29) is 148 Å². The van der Waals surface area contributed by atoms with Crippen LogP contribution in [0.4, 0.5) is 44.5 Å². The van der Waals surface area contributed by atoms with Gasteiger partial charge in [0.05, 0.1) is 15.4 Å². The normalized spacial score (nSPS) is 11.5. The van der Waals surface area contributed by atoms with Gasteiger partial charge in [-0.2, -0.15) is 15.9 Å². The predicted octanol–water partition coefficient (Wildman–Crippen LogP) is -2.83. The summed E-state index contributed by atoms with van der Waals surface area (Å²) in [5, 5.41) is 43.3. The largest absolute Gasteiger partial charge is 1.00 e. The fraction of sp³-hybridized carbons (Fsp3) is 0.0455. The summed E-state index contributed by atoms with van der Waals surface area (Å²) in [7, 11) is -14.6. The zero-order valence-corrected chi connectivity index (χ0v) is 42.4. The van der Waals surface area contributed by atoms with Gasteiger partial charge in [-0.1, -0.05) is 53.1 Å². The maximum Gasteiger partial charge on any atom is 1.00 e. The van der Waals surface area contributed by atoms with Crippen LogP contribution < -0.4 is 91.6 Å². The number of nitrogens with zero attached hydrogens (tertiary/aromatic N) is 7. The minimum atomic E-state index is -5.04. The van der Waals surface area contributed by atoms with E-state index in [9.17, 15) is 44.2 Å². The molecule has 0 amide bonds. The number of hydroxylamine groups is 1. The van der Waals surface area contributed by atoms with Crippen LogP contribution in [0.2, 0.25) is 0 Å². The monoisotopic (exact) mass is 1030 g/mol. The molecule has 6 aromatic carbocycles. The van der Waals surface area contributed by atoms with Crippen LogP contribution in [0.5, 0.6) is 0 Å². The maximum absolute atomic E-state index is 12.5. The van der Waals surface area contributed by atoms with E-state index >= 15 is 0 Å². The molecular formula is C44H29Li4N11O10S4. The molecule has 0 unspecified atom stereocenters. The third-order valence-electron chi connectivity index (χ3n) is 10.0. The van der Waals surface area contributed by atoms with E-state index in [0.717, 1.165) is 52.4 Å². The van der Waals surface area contributed by atoms with Crippen molar-refractivity contribution < 1.29 is 119 Å². The number of nitriles is 1. The van der Waals surface area contributed by atoms with Gasteiger partial charge in [0.15, 0.2) is 23.0 Å². The van der Waals surface area contributed by atoms with Crippen molar-refractivity contribution in [3.8, 4) is 17.3 Å². The van der Waals surface area contributed by atoms with Gasteiger partial charge in [0, 0.05) is 39.6 Å². The number of pyridine rings is 1. The topological polar surface area (TPSA) is 340 Å². The van der Waals surface area contributed by atoms with Crippen LogP contribution in [0.25, 0.3) is 32.8 Å². The Bertz CT molecular complexity index is 3810. The molecule has 21 nitrogen and oxygen atoms in total. The van der Waals surface area contributed by atoms with E-state index in [4.69, 9.17) is 15.2 Å². The number of rotatable bonds is 16. The van der Waals surface area contributed by atoms with Crippen molar-refractivity contribution in [1.29, 1.82) is 10.7 Å². The molecule has 0 spiro atoms. The number of benzene rings is 6. The van der Waals surface area contributed by atoms with Crippen LogP contribution in [0.3, 0.4) is 0 Å².